The summed E-state index contributed by atoms with van der Waals surface area (Å²) in [5.74, 6) is -0.457. The van der Waals surface area contributed by atoms with Crippen LogP contribution in [-0.4, -0.2) is 38.0 Å². The molecule has 2 rings (SSSR count). The van der Waals surface area contributed by atoms with Gasteiger partial charge in [-0.15, -0.1) is 0 Å². The van der Waals surface area contributed by atoms with Crippen molar-refractivity contribution in [3.05, 3.63) is 0 Å². The molecule has 0 aromatic rings. The lowest BCUT2D eigenvalue weighted by atomic mass is 10.2. The Balaban J connectivity index is 1.65. The summed E-state index contributed by atoms with van der Waals surface area (Å²) in [4.78, 5) is 0. The monoisotopic (exact) mass is 216 g/mol. The smallest absolute Gasteiger partial charge is 0.163 e. The highest BCUT2D eigenvalue weighted by Crippen LogP contribution is 2.23. The van der Waals surface area contributed by atoms with Gasteiger partial charge in [0.2, 0.25) is 0 Å². The molecule has 0 amide bonds. The second kappa shape index (κ2) is 4.78. The van der Waals surface area contributed by atoms with Crippen LogP contribution >= 0.6 is 0 Å². The maximum absolute atomic E-state index is 5.64. The zero-order valence-electron chi connectivity index (χ0n) is 9.53. The van der Waals surface area contributed by atoms with E-state index in [9.17, 15) is 0 Å². The van der Waals surface area contributed by atoms with Crippen LogP contribution in [0.15, 0.2) is 0 Å². The lowest BCUT2D eigenvalue weighted by Gasteiger charge is -2.24. The van der Waals surface area contributed by atoms with Gasteiger partial charge in [0.25, 0.3) is 0 Å². The molecular formula is C11H20O4. The van der Waals surface area contributed by atoms with Gasteiger partial charge in [-0.1, -0.05) is 0 Å². The third kappa shape index (κ3) is 3.41. The van der Waals surface area contributed by atoms with Crippen molar-refractivity contribution in [3.63, 3.8) is 0 Å². The topological polar surface area (TPSA) is 36.9 Å². The van der Waals surface area contributed by atoms with Crippen LogP contribution in [0.1, 0.15) is 33.1 Å². The Bertz CT molecular complexity index is 199. The number of hydrogen-bond donors (Lipinski definition) is 0. The van der Waals surface area contributed by atoms with Crippen molar-refractivity contribution in [3.8, 4) is 0 Å². The summed E-state index contributed by atoms with van der Waals surface area (Å²) in [5, 5.41) is 0. The van der Waals surface area contributed by atoms with E-state index in [1.807, 2.05) is 13.8 Å². The van der Waals surface area contributed by atoms with E-state index in [0.29, 0.717) is 13.2 Å². The molecule has 2 fully saturated rings. The summed E-state index contributed by atoms with van der Waals surface area (Å²) in [6.07, 6.45) is 3.35. The van der Waals surface area contributed by atoms with Gasteiger partial charge in [0.1, 0.15) is 6.10 Å². The van der Waals surface area contributed by atoms with Crippen LogP contribution in [0, 0.1) is 0 Å². The molecule has 0 spiro atoms. The highest BCUT2D eigenvalue weighted by Gasteiger charge is 2.33. The fourth-order valence-electron chi connectivity index (χ4n) is 1.90. The number of hydrogen-bond acceptors (Lipinski definition) is 4. The normalized spacial score (nSPS) is 35.6. The molecule has 0 aliphatic carbocycles. The van der Waals surface area contributed by atoms with Crippen LogP contribution in [0.25, 0.3) is 0 Å². The van der Waals surface area contributed by atoms with Gasteiger partial charge < -0.3 is 18.9 Å². The summed E-state index contributed by atoms with van der Waals surface area (Å²) < 4.78 is 22.2. The fraction of sp³-hybridized carbons (Fsp3) is 1.00. The van der Waals surface area contributed by atoms with E-state index in [4.69, 9.17) is 18.9 Å². The Morgan fingerprint density at radius 3 is 2.80 bits per heavy atom. The molecule has 0 aromatic heterocycles. The van der Waals surface area contributed by atoms with E-state index in [0.717, 1.165) is 19.4 Å². The molecule has 2 atom stereocenters. The molecule has 0 bridgehead atoms. The van der Waals surface area contributed by atoms with Gasteiger partial charge >= 0.3 is 0 Å². The van der Waals surface area contributed by atoms with Crippen LogP contribution in [-0.2, 0) is 18.9 Å². The molecule has 2 aliphatic heterocycles. The van der Waals surface area contributed by atoms with Crippen LogP contribution in [0.4, 0.5) is 0 Å². The summed E-state index contributed by atoms with van der Waals surface area (Å²) in [6, 6.07) is 0. The van der Waals surface area contributed by atoms with Gasteiger partial charge in [0.15, 0.2) is 12.1 Å². The lowest BCUT2D eigenvalue weighted by Crippen LogP contribution is -2.29. The van der Waals surface area contributed by atoms with Crippen LogP contribution in [0.3, 0.4) is 0 Å². The maximum Gasteiger partial charge on any atom is 0.163 e. The van der Waals surface area contributed by atoms with Crippen molar-refractivity contribution in [2.45, 2.75) is 51.3 Å². The Hall–Kier alpha value is -0.160. The molecule has 4 heteroatoms. The van der Waals surface area contributed by atoms with Crippen molar-refractivity contribution < 1.29 is 18.9 Å². The molecule has 2 saturated heterocycles. The minimum absolute atomic E-state index is 0.0361. The molecule has 0 radical (unpaired) electrons. The molecule has 88 valence electrons. The minimum Gasteiger partial charge on any atom is -0.353 e. The summed E-state index contributed by atoms with van der Waals surface area (Å²) in [6.45, 7) is 5.83. The highest BCUT2D eigenvalue weighted by molar-refractivity contribution is 4.70. The quantitative estimate of drug-likeness (QED) is 0.719. The first kappa shape index (κ1) is 11.3. The first-order chi connectivity index (χ1) is 7.16. The molecule has 1 unspecified atom stereocenters. The zero-order chi connectivity index (χ0) is 10.7. The van der Waals surface area contributed by atoms with Crippen LogP contribution in [0.2, 0.25) is 0 Å². The summed E-state index contributed by atoms with van der Waals surface area (Å²) >= 11 is 0. The van der Waals surface area contributed by atoms with Crippen LogP contribution in [0.5, 0.6) is 0 Å². The lowest BCUT2D eigenvalue weighted by molar-refractivity contribution is -0.189. The zero-order valence-corrected chi connectivity index (χ0v) is 9.53. The predicted octanol–water partition coefficient (Wildman–Crippen LogP) is 1.68. The van der Waals surface area contributed by atoms with Gasteiger partial charge in [-0.3, -0.25) is 0 Å². The van der Waals surface area contributed by atoms with Crippen molar-refractivity contribution in [1.82, 2.24) is 0 Å². The maximum atomic E-state index is 5.64. The fourth-order valence-corrected chi connectivity index (χ4v) is 1.90. The second-order valence-corrected chi connectivity index (χ2v) is 4.58. The molecule has 15 heavy (non-hydrogen) atoms. The SMILES string of the molecule is CC1(C)OC[C@@H](COC2CCCCO2)O1. The van der Waals surface area contributed by atoms with E-state index in [1.165, 1.54) is 6.42 Å². The molecule has 0 aromatic carbocycles. The Kier molecular flexibility index (Phi) is 3.61. The van der Waals surface area contributed by atoms with E-state index in [1.54, 1.807) is 0 Å². The van der Waals surface area contributed by atoms with Gasteiger partial charge in [-0.25, -0.2) is 0 Å². The standard InChI is InChI=1S/C11H20O4/c1-11(2)14-8-9(15-11)7-13-10-5-3-4-6-12-10/h9-10H,3-8H2,1-2H3/t9-,10?/m1/s1. The Morgan fingerprint density at radius 2 is 2.20 bits per heavy atom. The average molecular weight is 216 g/mol. The number of rotatable bonds is 3. The third-order valence-corrected chi connectivity index (χ3v) is 2.67. The van der Waals surface area contributed by atoms with E-state index < -0.39 is 5.79 Å². The van der Waals surface area contributed by atoms with E-state index >= 15 is 0 Å². The number of ether oxygens (including phenoxy) is 4. The molecular weight excluding hydrogens is 196 g/mol. The second-order valence-electron chi connectivity index (χ2n) is 4.58. The molecule has 0 saturated carbocycles. The summed E-state index contributed by atoms with van der Waals surface area (Å²) in [5.41, 5.74) is 0. The molecule has 2 aliphatic rings. The molecule has 2 heterocycles. The van der Waals surface area contributed by atoms with Crippen LogP contribution < -0.4 is 0 Å². The van der Waals surface area contributed by atoms with Gasteiger partial charge in [-0.05, 0) is 33.1 Å². The first-order valence-corrected chi connectivity index (χ1v) is 5.71. The van der Waals surface area contributed by atoms with Crippen molar-refractivity contribution >= 4 is 0 Å². The molecule has 0 N–H and O–H groups in total. The van der Waals surface area contributed by atoms with E-state index in [2.05, 4.69) is 0 Å². The third-order valence-electron chi connectivity index (χ3n) is 2.67. The summed E-state index contributed by atoms with van der Waals surface area (Å²) in [7, 11) is 0. The van der Waals surface area contributed by atoms with Crippen molar-refractivity contribution in [2.75, 3.05) is 19.8 Å². The highest BCUT2D eigenvalue weighted by atomic mass is 16.8. The van der Waals surface area contributed by atoms with Gasteiger partial charge in [-0.2, -0.15) is 0 Å². The Labute approximate surface area is 90.8 Å². The average Bonchev–Trinajstić information content (AvgIpc) is 2.57. The van der Waals surface area contributed by atoms with Gasteiger partial charge in [0.05, 0.1) is 13.2 Å². The predicted molar refractivity (Wildman–Crippen MR) is 54.4 cm³/mol. The van der Waals surface area contributed by atoms with Crippen molar-refractivity contribution in [1.29, 1.82) is 0 Å². The van der Waals surface area contributed by atoms with Crippen molar-refractivity contribution in [2.24, 2.45) is 0 Å². The first-order valence-electron chi connectivity index (χ1n) is 5.71. The van der Waals surface area contributed by atoms with Gasteiger partial charge in [0, 0.05) is 6.61 Å². The largest absolute Gasteiger partial charge is 0.353 e. The minimum atomic E-state index is -0.457. The van der Waals surface area contributed by atoms with E-state index in [-0.39, 0.29) is 12.4 Å². The molecule has 4 nitrogen and oxygen atoms in total. The Morgan fingerprint density at radius 1 is 1.33 bits per heavy atom.